The average Bonchev–Trinajstić information content (AvgIpc) is 2.17. The molecule has 14 heavy (non-hydrogen) atoms. The SMILES string of the molecule is CNc1cc(C)cc(C)c1.NCC=O. The number of rotatable bonds is 2. The van der Waals surface area contributed by atoms with E-state index in [1.165, 1.54) is 16.8 Å². The van der Waals surface area contributed by atoms with Gasteiger partial charge < -0.3 is 15.8 Å². The lowest BCUT2D eigenvalue weighted by Crippen LogP contribution is -1.97. The van der Waals surface area contributed by atoms with Crippen molar-refractivity contribution in [3.8, 4) is 0 Å². The third-order valence-corrected chi connectivity index (χ3v) is 1.61. The molecule has 0 radical (unpaired) electrons. The molecule has 3 N–H and O–H groups in total. The Bertz CT molecular complexity index is 264. The van der Waals surface area contributed by atoms with Crippen molar-refractivity contribution in [1.29, 1.82) is 0 Å². The molecule has 0 fully saturated rings. The van der Waals surface area contributed by atoms with Crippen molar-refractivity contribution in [1.82, 2.24) is 0 Å². The maximum absolute atomic E-state index is 9.05. The maximum Gasteiger partial charge on any atom is 0.133 e. The van der Waals surface area contributed by atoms with Gasteiger partial charge in [0.05, 0.1) is 0 Å². The van der Waals surface area contributed by atoms with Crippen LogP contribution in [0.3, 0.4) is 0 Å². The average molecular weight is 194 g/mol. The van der Waals surface area contributed by atoms with Crippen LogP contribution >= 0.6 is 0 Å². The first-order chi connectivity index (χ1) is 6.63. The Kier molecular flexibility index (Phi) is 6.41. The molecule has 0 amide bonds. The summed E-state index contributed by atoms with van der Waals surface area (Å²) in [7, 11) is 1.94. The van der Waals surface area contributed by atoms with Gasteiger partial charge in [0.15, 0.2) is 0 Å². The molecule has 3 nitrogen and oxygen atoms in total. The molecule has 0 aliphatic carbocycles. The van der Waals surface area contributed by atoms with Crippen LogP contribution in [0.25, 0.3) is 0 Å². The van der Waals surface area contributed by atoms with E-state index < -0.39 is 0 Å². The van der Waals surface area contributed by atoms with Crippen molar-refractivity contribution in [3.05, 3.63) is 29.3 Å². The van der Waals surface area contributed by atoms with Crippen LogP contribution in [0.2, 0.25) is 0 Å². The molecule has 0 saturated heterocycles. The van der Waals surface area contributed by atoms with E-state index in [2.05, 4.69) is 43.1 Å². The van der Waals surface area contributed by atoms with E-state index >= 15 is 0 Å². The number of carbonyl (C=O) groups is 1. The number of aldehydes is 1. The number of hydrogen-bond acceptors (Lipinski definition) is 3. The third kappa shape index (κ3) is 5.32. The number of nitrogens with one attached hydrogen (secondary N) is 1. The Morgan fingerprint density at radius 2 is 1.71 bits per heavy atom. The minimum Gasteiger partial charge on any atom is -0.388 e. The predicted molar refractivity (Wildman–Crippen MR) is 60.6 cm³/mol. The fourth-order valence-corrected chi connectivity index (χ4v) is 1.12. The molecule has 0 spiro atoms. The molecule has 0 aliphatic rings. The lowest BCUT2D eigenvalue weighted by molar-refractivity contribution is -0.106. The lowest BCUT2D eigenvalue weighted by Gasteiger charge is -2.02. The van der Waals surface area contributed by atoms with Crippen molar-refractivity contribution in [2.75, 3.05) is 18.9 Å². The second-order valence-corrected chi connectivity index (χ2v) is 3.03. The van der Waals surface area contributed by atoms with Crippen LogP contribution in [-0.2, 0) is 4.79 Å². The zero-order chi connectivity index (χ0) is 11.0. The van der Waals surface area contributed by atoms with Gasteiger partial charge in [-0.1, -0.05) is 6.07 Å². The molecule has 3 heteroatoms. The Hall–Kier alpha value is -1.35. The predicted octanol–water partition coefficient (Wildman–Crippen LogP) is 1.49. The summed E-state index contributed by atoms with van der Waals surface area (Å²) in [6.07, 6.45) is 0.653. The normalized spacial score (nSPS) is 8.57. The monoisotopic (exact) mass is 194 g/mol. The third-order valence-electron chi connectivity index (χ3n) is 1.61. The highest BCUT2D eigenvalue weighted by Gasteiger charge is 1.90. The number of nitrogens with two attached hydrogens (primary N) is 1. The first-order valence-corrected chi connectivity index (χ1v) is 4.53. The Balaban J connectivity index is 0.000000364. The van der Waals surface area contributed by atoms with Crippen molar-refractivity contribution in [2.45, 2.75) is 13.8 Å². The molecular weight excluding hydrogens is 176 g/mol. The zero-order valence-corrected chi connectivity index (χ0v) is 9.00. The lowest BCUT2D eigenvalue weighted by atomic mass is 10.1. The van der Waals surface area contributed by atoms with Gasteiger partial charge in [-0.15, -0.1) is 0 Å². The van der Waals surface area contributed by atoms with E-state index in [1.54, 1.807) is 0 Å². The smallest absolute Gasteiger partial charge is 0.133 e. The van der Waals surface area contributed by atoms with Crippen LogP contribution < -0.4 is 11.1 Å². The molecule has 1 aromatic carbocycles. The molecule has 0 unspecified atom stereocenters. The Labute approximate surface area is 85.3 Å². The number of benzene rings is 1. The minimum atomic E-state index is 0.139. The summed E-state index contributed by atoms with van der Waals surface area (Å²) in [5.74, 6) is 0. The quantitative estimate of drug-likeness (QED) is 0.701. The van der Waals surface area contributed by atoms with Crippen molar-refractivity contribution >= 4 is 12.0 Å². The van der Waals surface area contributed by atoms with Crippen molar-refractivity contribution in [2.24, 2.45) is 5.73 Å². The topological polar surface area (TPSA) is 55.1 Å². The molecule has 0 atom stereocenters. The summed E-state index contributed by atoms with van der Waals surface area (Å²) in [5, 5.41) is 3.11. The van der Waals surface area contributed by atoms with Gasteiger partial charge in [0.2, 0.25) is 0 Å². The van der Waals surface area contributed by atoms with Gasteiger partial charge in [-0.25, -0.2) is 0 Å². The van der Waals surface area contributed by atoms with Crippen molar-refractivity contribution in [3.63, 3.8) is 0 Å². The number of aryl methyl sites for hydroxylation is 2. The summed E-state index contributed by atoms with van der Waals surface area (Å²) < 4.78 is 0. The van der Waals surface area contributed by atoms with Crippen LogP contribution in [0.4, 0.5) is 5.69 Å². The molecule has 0 bridgehead atoms. The van der Waals surface area contributed by atoms with Crippen LogP contribution in [0, 0.1) is 13.8 Å². The van der Waals surface area contributed by atoms with Gasteiger partial charge in [0, 0.05) is 19.3 Å². The number of carbonyl (C=O) groups excluding carboxylic acids is 1. The summed E-state index contributed by atoms with van der Waals surface area (Å²) >= 11 is 0. The van der Waals surface area contributed by atoms with Gasteiger partial charge in [0.1, 0.15) is 6.29 Å². The fourth-order valence-electron chi connectivity index (χ4n) is 1.12. The minimum absolute atomic E-state index is 0.139. The Morgan fingerprint density at radius 3 is 2.00 bits per heavy atom. The summed E-state index contributed by atoms with van der Waals surface area (Å²) in [5.41, 5.74) is 8.47. The molecule has 0 saturated carbocycles. The standard InChI is InChI=1S/C9H13N.C2H5NO/c1-7-4-8(2)6-9(5-7)10-3;3-1-2-4/h4-6,10H,1-3H3;2H,1,3H2. The van der Waals surface area contributed by atoms with Crippen LogP contribution in [0.15, 0.2) is 18.2 Å². The van der Waals surface area contributed by atoms with Crippen LogP contribution in [0.5, 0.6) is 0 Å². The molecule has 0 heterocycles. The largest absolute Gasteiger partial charge is 0.388 e. The first-order valence-electron chi connectivity index (χ1n) is 4.53. The summed E-state index contributed by atoms with van der Waals surface area (Å²) in [4.78, 5) is 9.05. The molecule has 1 aromatic rings. The fraction of sp³-hybridized carbons (Fsp3) is 0.364. The van der Waals surface area contributed by atoms with E-state index in [1.807, 2.05) is 7.05 Å². The van der Waals surface area contributed by atoms with Crippen molar-refractivity contribution < 1.29 is 4.79 Å². The van der Waals surface area contributed by atoms with E-state index in [0.29, 0.717) is 6.29 Å². The van der Waals surface area contributed by atoms with Gasteiger partial charge in [-0.3, -0.25) is 0 Å². The first kappa shape index (κ1) is 12.7. The van der Waals surface area contributed by atoms with Gasteiger partial charge in [-0.2, -0.15) is 0 Å². The highest BCUT2D eigenvalue weighted by molar-refractivity contribution is 5.51. The second kappa shape index (κ2) is 7.09. The molecule has 0 aromatic heterocycles. The van der Waals surface area contributed by atoms with Gasteiger partial charge in [-0.05, 0) is 37.1 Å². The molecule has 1 rings (SSSR count). The highest BCUT2D eigenvalue weighted by Crippen LogP contribution is 2.12. The van der Waals surface area contributed by atoms with E-state index in [9.17, 15) is 0 Å². The summed E-state index contributed by atoms with van der Waals surface area (Å²) in [6.45, 7) is 4.35. The molecular formula is C11H18N2O. The molecule has 0 aliphatic heterocycles. The second-order valence-electron chi connectivity index (χ2n) is 3.03. The number of anilines is 1. The maximum atomic E-state index is 9.05. The Morgan fingerprint density at radius 1 is 1.29 bits per heavy atom. The van der Waals surface area contributed by atoms with E-state index in [-0.39, 0.29) is 6.54 Å². The highest BCUT2D eigenvalue weighted by atomic mass is 16.1. The van der Waals surface area contributed by atoms with Crippen LogP contribution in [-0.4, -0.2) is 19.9 Å². The summed E-state index contributed by atoms with van der Waals surface area (Å²) in [6, 6.07) is 6.43. The van der Waals surface area contributed by atoms with Gasteiger partial charge >= 0.3 is 0 Å². The molecule has 78 valence electrons. The van der Waals surface area contributed by atoms with Crippen LogP contribution in [0.1, 0.15) is 11.1 Å². The van der Waals surface area contributed by atoms with Gasteiger partial charge in [0.25, 0.3) is 0 Å². The van der Waals surface area contributed by atoms with E-state index in [4.69, 9.17) is 4.79 Å². The number of hydrogen-bond donors (Lipinski definition) is 2. The van der Waals surface area contributed by atoms with E-state index in [0.717, 1.165) is 0 Å². The zero-order valence-electron chi connectivity index (χ0n) is 9.00.